The number of carbonyl (C=O) groups is 1. The van der Waals surface area contributed by atoms with Crippen LogP contribution >= 0.6 is 0 Å². The van der Waals surface area contributed by atoms with E-state index in [1.165, 1.54) is 25.0 Å². The van der Waals surface area contributed by atoms with Crippen molar-refractivity contribution in [2.45, 2.75) is 37.8 Å². The van der Waals surface area contributed by atoms with Gasteiger partial charge < -0.3 is 15.2 Å². The number of non-ortho nitro benzene ring substituents is 1. The molecule has 1 aliphatic carbocycles. The summed E-state index contributed by atoms with van der Waals surface area (Å²) < 4.78 is 5.45. The van der Waals surface area contributed by atoms with Crippen LogP contribution in [-0.4, -0.2) is 52.7 Å². The Hall–Kier alpha value is -2.19. The Kier molecular flexibility index (Phi) is 4.96. The van der Waals surface area contributed by atoms with Crippen LogP contribution in [-0.2, 0) is 9.53 Å². The summed E-state index contributed by atoms with van der Waals surface area (Å²) >= 11 is 0. The van der Waals surface area contributed by atoms with Crippen molar-refractivity contribution in [3.05, 3.63) is 28.3 Å². The second kappa shape index (κ2) is 7.14. The molecule has 1 saturated heterocycles. The summed E-state index contributed by atoms with van der Waals surface area (Å²) in [5.74, 6) is -0.504. The zero-order valence-corrected chi connectivity index (χ0v) is 13.3. The summed E-state index contributed by atoms with van der Waals surface area (Å²) in [6.07, 6.45) is 4.49. The molecule has 0 aromatic heterocycles. The van der Waals surface area contributed by atoms with Gasteiger partial charge in [0.1, 0.15) is 11.8 Å². The van der Waals surface area contributed by atoms with Crippen molar-refractivity contribution < 1.29 is 19.6 Å². The third-order valence-corrected chi connectivity index (χ3v) is 4.72. The van der Waals surface area contributed by atoms with Gasteiger partial charge >= 0.3 is 0 Å². The first-order chi connectivity index (χ1) is 11.6. The van der Waals surface area contributed by atoms with Crippen LogP contribution in [0, 0.1) is 10.1 Å². The fourth-order valence-corrected chi connectivity index (χ4v) is 3.47. The van der Waals surface area contributed by atoms with E-state index >= 15 is 0 Å². The monoisotopic (exact) mass is 335 g/mol. The highest BCUT2D eigenvalue weighted by atomic mass is 16.6. The van der Waals surface area contributed by atoms with Gasteiger partial charge in [0.2, 0.25) is 5.91 Å². The van der Waals surface area contributed by atoms with Crippen LogP contribution in [0.3, 0.4) is 0 Å². The number of morpholine rings is 1. The summed E-state index contributed by atoms with van der Waals surface area (Å²) in [6.45, 7) is 1.59. The summed E-state index contributed by atoms with van der Waals surface area (Å²) in [6, 6.07) is 3.50. The molecule has 0 spiro atoms. The van der Waals surface area contributed by atoms with Crippen LogP contribution in [0.1, 0.15) is 25.7 Å². The smallest absolute Gasteiger partial charge is 0.271 e. The van der Waals surface area contributed by atoms with Gasteiger partial charge in [-0.2, -0.15) is 0 Å². The van der Waals surface area contributed by atoms with E-state index in [1.807, 2.05) is 0 Å². The van der Waals surface area contributed by atoms with Crippen LogP contribution in [0.5, 0.6) is 5.75 Å². The number of aromatic hydroxyl groups is 1. The van der Waals surface area contributed by atoms with E-state index in [1.54, 1.807) is 0 Å². The second-order valence-electron chi connectivity index (χ2n) is 6.21. The molecule has 1 aromatic rings. The predicted molar refractivity (Wildman–Crippen MR) is 87.0 cm³/mol. The number of ether oxygens (including phenoxy) is 1. The molecule has 8 nitrogen and oxygen atoms in total. The molecule has 1 aromatic carbocycles. The minimum Gasteiger partial charge on any atom is -0.506 e. The normalized spacial score (nSPS) is 22.4. The fourth-order valence-electron chi connectivity index (χ4n) is 3.47. The molecule has 1 amide bonds. The SMILES string of the molecule is O=C(Nc1cc([N+](=O)[O-])ccc1O)[C@@H]1COCCN1C1CCCC1. The lowest BCUT2D eigenvalue weighted by Gasteiger charge is -2.38. The first kappa shape index (κ1) is 16.7. The maximum atomic E-state index is 12.7. The molecule has 8 heteroatoms. The van der Waals surface area contributed by atoms with Crippen molar-refractivity contribution >= 4 is 17.3 Å². The number of hydrogen-bond donors (Lipinski definition) is 2. The van der Waals surface area contributed by atoms with E-state index in [4.69, 9.17) is 4.74 Å². The molecule has 130 valence electrons. The first-order valence-corrected chi connectivity index (χ1v) is 8.18. The van der Waals surface area contributed by atoms with Crippen molar-refractivity contribution in [2.24, 2.45) is 0 Å². The number of hydrogen-bond acceptors (Lipinski definition) is 6. The first-order valence-electron chi connectivity index (χ1n) is 8.18. The number of benzene rings is 1. The predicted octanol–water partition coefficient (Wildman–Crippen LogP) is 1.88. The molecule has 1 saturated carbocycles. The van der Waals surface area contributed by atoms with Gasteiger partial charge in [-0.25, -0.2) is 0 Å². The average Bonchev–Trinajstić information content (AvgIpc) is 3.11. The maximum absolute atomic E-state index is 12.7. The van der Waals surface area contributed by atoms with Gasteiger partial charge in [0.15, 0.2) is 0 Å². The molecule has 1 heterocycles. The van der Waals surface area contributed by atoms with Gasteiger partial charge in [0, 0.05) is 24.7 Å². The van der Waals surface area contributed by atoms with Crippen molar-refractivity contribution in [1.29, 1.82) is 0 Å². The number of nitrogens with one attached hydrogen (secondary N) is 1. The zero-order valence-electron chi connectivity index (χ0n) is 13.3. The summed E-state index contributed by atoms with van der Waals surface area (Å²) in [7, 11) is 0. The van der Waals surface area contributed by atoms with Crippen LogP contribution in [0.4, 0.5) is 11.4 Å². The second-order valence-corrected chi connectivity index (χ2v) is 6.21. The number of phenols is 1. The lowest BCUT2D eigenvalue weighted by molar-refractivity contribution is -0.384. The summed E-state index contributed by atoms with van der Waals surface area (Å²) in [4.78, 5) is 25.1. The standard InChI is InChI=1S/C16H21N3O5/c20-15-6-5-12(19(22)23)9-13(15)17-16(21)14-10-24-8-7-18(14)11-3-1-2-4-11/h5-6,9,11,14,20H,1-4,7-8,10H2,(H,17,21)/t14-/m0/s1. The van der Waals surface area contributed by atoms with Crippen molar-refractivity contribution in [2.75, 3.05) is 25.1 Å². The number of phenolic OH excluding ortho intramolecular Hbond substituents is 1. The molecular weight excluding hydrogens is 314 g/mol. The van der Waals surface area contributed by atoms with E-state index in [0.717, 1.165) is 18.9 Å². The maximum Gasteiger partial charge on any atom is 0.271 e. The Morgan fingerprint density at radius 1 is 1.38 bits per heavy atom. The lowest BCUT2D eigenvalue weighted by Crippen LogP contribution is -2.55. The van der Waals surface area contributed by atoms with E-state index in [2.05, 4.69) is 10.2 Å². The van der Waals surface area contributed by atoms with Crippen LogP contribution in [0.2, 0.25) is 0 Å². The highest BCUT2D eigenvalue weighted by molar-refractivity contribution is 5.96. The molecule has 1 aliphatic heterocycles. The number of rotatable bonds is 4. The zero-order chi connectivity index (χ0) is 17.1. The molecule has 3 rings (SSSR count). The van der Waals surface area contributed by atoms with Gasteiger partial charge in [-0.1, -0.05) is 12.8 Å². The lowest BCUT2D eigenvalue weighted by atomic mass is 10.1. The molecule has 0 bridgehead atoms. The van der Waals surface area contributed by atoms with Crippen LogP contribution in [0.25, 0.3) is 0 Å². The molecule has 2 fully saturated rings. The third kappa shape index (κ3) is 3.49. The van der Waals surface area contributed by atoms with E-state index in [-0.39, 0.29) is 29.6 Å². The molecule has 0 radical (unpaired) electrons. The summed E-state index contributed by atoms with van der Waals surface area (Å²) in [5, 5.41) is 23.3. The van der Waals surface area contributed by atoms with E-state index in [9.17, 15) is 20.0 Å². The van der Waals surface area contributed by atoms with Crippen LogP contribution in [0.15, 0.2) is 18.2 Å². The summed E-state index contributed by atoms with van der Waals surface area (Å²) in [5.41, 5.74) is -0.137. The quantitative estimate of drug-likeness (QED) is 0.494. The Balaban J connectivity index is 1.75. The fraction of sp³-hybridized carbons (Fsp3) is 0.562. The number of carbonyl (C=O) groups excluding carboxylic acids is 1. The van der Waals surface area contributed by atoms with Gasteiger partial charge in [-0.3, -0.25) is 19.8 Å². The van der Waals surface area contributed by atoms with E-state index < -0.39 is 11.0 Å². The highest BCUT2D eigenvalue weighted by Gasteiger charge is 2.35. The topological polar surface area (TPSA) is 105 Å². The molecule has 1 atom stereocenters. The van der Waals surface area contributed by atoms with Crippen molar-refractivity contribution in [1.82, 2.24) is 4.90 Å². The molecule has 2 aliphatic rings. The minimum absolute atomic E-state index is 0.0474. The van der Waals surface area contributed by atoms with Gasteiger partial charge in [0.05, 0.1) is 23.8 Å². The largest absolute Gasteiger partial charge is 0.506 e. The number of nitro groups is 1. The molecular formula is C16H21N3O5. The molecule has 24 heavy (non-hydrogen) atoms. The Labute approximate surface area is 139 Å². The average molecular weight is 335 g/mol. The number of anilines is 1. The number of nitrogens with zero attached hydrogens (tertiary/aromatic N) is 2. The molecule has 2 N–H and O–H groups in total. The minimum atomic E-state index is -0.566. The number of amides is 1. The van der Waals surface area contributed by atoms with Crippen LogP contribution < -0.4 is 5.32 Å². The Morgan fingerprint density at radius 3 is 2.83 bits per heavy atom. The molecule has 0 unspecified atom stereocenters. The van der Waals surface area contributed by atoms with E-state index in [0.29, 0.717) is 19.2 Å². The van der Waals surface area contributed by atoms with Crippen molar-refractivity contribution in [3.8, 4) is 5.75 Å². The van der Waals surface area contributed by atoms with Crippen molar-refractivity contribution in [3.63, 3.8) is 0 Å². The Morgan fingerprint density at radius 2 is 2.12 bits per heavy atom. The van der Waals surface area contributed by atoms with Gasteiger partial charge in [-0.15, -0.1) is 0 Å². The highest BCUT2D eigenvalue weighted by Crippen LogP contribution is 2.30. The van der Waals surface area contributed by atoms with Gasteiger partial charge in [-0.05, 0) is 18.9 Å². The van der Waals surface area contributed by atoms with Gasteiger partial charge in [0.25, 0.3) is 5.69 Å². The Bertz CT molecular complexity index is 630. The third-order valence-electron chi connectivity index (χ3n) is 4.72. The number of nitro benzene ring substituents is 1.